The third-order valence-electron chi connectivity index (χ3n) is 2.76. The Hall–Kier alpha value is -1.85. The number of hydrogen-bond donors (Lipinski definition) is 1. The Morgan fingerprint density at radius 2 is 2.32 bits per heavy atom. The Labute approximate surface area is 139 Å². The van der Waals surface area contributed by atoms with Crippen molar-refractivity contribution < 1.29 is 4.79 Å². The molecular weight excluding hydrogens is 318 g/mol. The molecule has 0 aliphatic rings. The maximum absolute atomic E-state index is 12.0. The molecule has 1 aromatic carbocycles. The molecule has 22 heavy (non-hydrogen) atoms. The number of rotatable bonds is 6. The van der Waals surface area contributed by atoms with Gasteiger partial charge in [0.15, 0.2) is 0 Å². The van der Waals surface area contributed by atoms with Crippen molar-refractivity contribution in [2.24, 2.45) is 5.10 Å². The lowest BCUT2D eigenvalue weighted by Crippen LogP contribution is -2.20. The van der Waals surface area contributed by atoms with E-state index in [1.165, 1.54) is 0 Å². The highest BCUT2D eigenvalue weighted by atomic mass is 35.5. The molecular formula is C16H16ClN3OS. The van der Waals surface area contributed by atoms with Crippen molar-refractivity contribution in [2.45, 2.75) is 18.2 Å². The van der Waals surface area contributed by atoms with Crippen LogP contribution in [0.2, 0.25) is 5.02 Å². The van der Waals surface area contributed by atoms with Gasteiger partial charge in [0.05, 0.1) is 12.6 Å². The summed E-state index contributed by atoms with van der Waals surface area (Å²) in [6.45, 7) is 2.07. The van der Waals surface area contributed by atoms with E-state index in [4.69, 9.17) is 11.6 Å². The molecule has 1 heterocycles. The number of nitrogens with one attached hydrogen (secondary N) is 1. The van der Waals surface area contributed by atoms with E-state index < -0.39 is 0 Å². The first-order valence-electron chi connectivity index (χ1n) is 6.82. The van der Waals surface area contributed by atoms with Gasteiger partial charge in [-0.3, -0.25) is 9.78 Å². The number of pyridine rings is 1. The molecule has 2 rings (SSSR count). The molecule has 0 radical (unpaired) electrons. The monoisotopic (exact) mass is 333 g/mol. The third kappa shape index (κ3) is 5.16. The van der Waals surface area contributed by atoms with Crippen LogP contribution in [0.5, 0.6) is 0 Å². The normalized spacial score (nSPS) is 10.8. The topological polar surface area (TPSA) is 54.4 Å². The number of carbonyl (C=O) groups is 1. The van der Waals surface area contributed by atoms with Crippen LogP contribution in [0, 0.1) is 0 Å². The van der Waals surface area contributed by atoms with Gasteiger partial charge in [-0.2, -0.15) is 5.10 Å². The summed E-state index contributed by atoms with van der Waals surface area (Å²) in [5.41, 5.74) is 4.26. The summed E-state index contributed by atoms with van der Waals surface area (Å²) in [4.78, 5) is 17.0. The van der Waals surface area contributed by atoms with E-state index in [1.807, 2.05) is 30.3 Å². The Balaban J connectivity index is 1.97. The van der Waals surface area contributed by atoms with Crippen LogP contribution in [0.25, 0.3) is 0 Å². The molecule has 0 atom stereocenters. The van der Waals surface area contributed by atoms with Gasteiger partial charge in [0.1, 0.15) is 0 Å². The molecule has 4 nitrogen and oxygen atoms in total. The van der Waals surface area contributed by atoms with Gasteiger partial charge < -0.3 is 0 Å². The van der Waals surface area contributed by atoms with Gasteiger partial charge in [0.2, 0.25) is 5.91 Å². The Morgan fingerprint density at radius 1 is 1.45 bits per heavy atom. The number of carbonyl (C=O) groups excluding carboxylic acids is 1. The van der Waals surface area contributed by atoms with Gasteiger partial charge in [0.25, 0.3) is 0 Å². The molecule has 6 heteroatoms. The first kappa shape index (κ1) is 16.5. The highest BCUT2D eigenvalue weighted by Gasteiger charge is 2.08. The zero-order valence-electron chi connectivity index (χ0n) is 12.1. The van der Waals surface area contributed by atoms with Crippen molar-refractivity contribution in [1.29, 1.82) is 0 Å². The van der Waals surface area contributed by atoms with Crippen LogP contribution in [-0.2, 0) is 11.2 Å². The lowest BCUT2D eigenvalue weighted by Gasteiger charge is -2.08. The Kier molecular flexibility index (Phi) is 6.43. The lowest BCUT2D eigenvalue weighted by atomic mass is 10.1. The van der Waals surface area contributed by atoms with Gasteiger partial charge in [-0.1, -0.05) is 24.6 Å². The number of halogens is 1. The second kappa shape index (κ2) is 8.56. The smallest absolute Gasteiger partial charge is 0.244 e. The van der Waals surface area contributed by atoms with Crippen LogP contribution >= 0.6 is 23.4 Å². The molecule has 0 spiro atoms. The molecule has 0 saturated heterocycles. The van der Waals surface area contributed by atoms with Crippen molar-refractivity contribution in [3.63, 3.8) is 0 Å². The number of nitrogens with zero attached hydrogens (tertiary/aromatic N) is 2. The summed E-state index contributed by atoms with van der Waals surface area (Å²) in [6.07, 6.45) is 5.16. The summed E-state index contributed by atoms with van der Waals surface area (Å²) in [5, 5.41) is 4.56. The Morgan fingerprint density at radius 3 is 3.05 bits per heavy atom. The number of aromatic nitrogens is 1. The van der Waals surface area contributed by atoms with Crippen LogP contribution in [0.15, 0.2) is 52.7 Å². The molecule has 0 saturated carbocycles. The van der Waals surface area contributed by atoms with Crippen LogP contribution in [0.4, 0.5) is 0 Å². The average Bonchev–Trinajstić information content (AvgIpc) is 2.51. The van der Waals surface area contributed by atoms with Gasteiger partial charge in [-0.15, -0.1) is 11.8 Å². The van der Waals surface area contributed by atoms with Gasteiger partial charge in [-0.05, 0) is 35.6 Å². The largest absolute Gasteiger partial charge is 0.273 e. The lowest BCUT2D eigenvalue weighted by molar-refractivity contribution is -0.120. The van der Waals surface area contributed by atoms with E-state index >= 15 is 0 Å². The Bertz CT molecular complexity index is 662. The van der Waals surface area contributed by atoms with Gasteiger partial charge >= 0.3 is 0 Å². The van der Waals surface area contributed by atoms with Crippen LogP contribution in [0.1, 0.15) is 18.1 Å². The zero-order chi connectivity index (χ0) is 15.8. The minimum atomic E-state index is -0.180. The SMILES string of the molecule is CCSc1ccc(Cl)cc1CC(=O)N/N=C\c1cccnc1. The second-order valence-corrected chi connectivity index (χ2v) is 6.18. The fourth-order valence-electron chi connectivity index (χ4n) is 1.83. The highest BCUT2D eigenvalue weighted by Crippen LogP contribution is 2.26. The van der Waals surface area contributed by atoms with Crippen molar-refractivity contribution in [1.82, 2.24) is 10.4 Å². The molecule has 0 aliphatic heterocycles. The number of hydrazone groups is 1. The molecule has 1 aromatic heterocycles. The molecule has 1 amide bonds. The van der Waals surface area contributed by atoms with Gasteiger partial charge in [-0.25, -0.2) is 5.43 Å². The summed E-state index contributed by atoms with van der Waals surface area (Å²) in [7, 11) is 0. The number of amides is 1. The third-order valence-corrected chi connectivity index (χ3v) is 3.99. The van der Waals surface area contributed by atoms with Crippen LogP contribution < -0.4 is 5.43 Å². The fourth-order valence-corrected chi connectivity index (χ4v) is 2.81. The molecule has 0 aliphatic carbocycles. The van der Waals surface area contributed by atoms with E-state index in [0.717, 1.165) is 21.8 Å². The zero-order valence-corrected chi connectivity index (χ0v) is 13.7. The average molecular weight is 334 g/mol. The van der Waals surface area contributed by atoms with Crippen LogP contribution in [0.3, 0.4) is 0 Å². The van der Waals surface area contributed by atoms with Gasteiger partial charge in [0, 0.05) is 27.9 Å². The molecule has 0 fully saturated rings. The maximum Gasteiger partial charge on any atom is 0.244 e. The molecule has 2 aromatic rings. The van der Waals surface area contributed by atoms with Crippen LogP contribution in [-0.4, -0.2) is 22.9 Å². The number of thioether (sulfide) groups is 1. The standard InChI is InChI=1S/C16H16ClN3OS/c1-2-22-15-6-5-14(17)8-13(15)9-16(21)20-19-11-12-4-3-7-18-10-12/h3-8,10-11H,2,9H2,1H3,(H,20,21)/b19-11-. The molecule has 114 valence electrons. The predicted molar refractivity (Wildman–Crippen MR) is 91.5 cm³/mol. The quantitative estimate of drug-likeness (QED) is 0.500. The van der Waals surface area contributed by atoms with E-state index in [2.05, 4.69) is 22.4 Å². The minimum Gasteiger partial charge on any atom is -0.273 e. The predicted octanol–water partition coefficient (Wildman–Crippen LogP) is 3.54. The van der Waals surface area contributed by atoms with Crippen molar-refractivity contribution in [2.75, 3.05) is 5.75 Å². The van der Waals surface area contributed by atoms with E-state index in [9.17, 15) is 4.79 Å². The molecule has 1 N–H and O–H groups in total. The van der Waals surface area contributed by atoms with E-state index in [-0.39, 0.29) is 12.3 Å². The summed E-state index contributed by atoms with van der Waals surface area (Å²) < 4.78 is 0. The van der Waals surface area contributed by atoms with E-state index in [1.54, 1.807) is 30.4 Å². The summed E-state index contributed by atoms with van der Waals surface area (Å²) in [6, 6.07) is 9.27. The first-order valence-corrected chi connectivity index (χ1v) is 8.18. The highest BCUT2D eigenvalue weighted by molar-refractivity contribution is 7.99. The van der Waals surface area contributed by atoms with E-state index in [0.29, 0.717) is 5.02 Å². The van der Waals surface area contributed by atoms with Crippen molar-refractivity contribution in [3.05, 3.63) is 58.9 Å². The molecule has 0 bridgehead atoms. The number of benzene rings is 1. The maximum atomic E-state index is 12.0. The minimum absolute atomic E-state index is 0.180. The number of hydrogen-bond acceptors (Lipinski definition) is 4. The fraction of sp³-hybridized carbons (Fsp3) is 0.188. The summed E-state index contributed by atoms with van der Waals surface area (Å²) >= 11 is 7.70. The van der Waals surface area contributed by atoms with Crippen molar-refractivity contribution in [3.8, 4) is 0 Å². The summed E-state index contributed by atoms with van der Waals surface area (Å²) in [5.74, 6) is 0.760. The van der Waals surface area contributed by atoms with Crippen molar-refractivity contribution >= 4 is 35.5 Å². The second-order valence-electron chi connectivity index (χ2n) is 4.44. The first-order chi connectivity index (χ1) is 10.7. The molecule has 0 unspecified atom stereocenters.